The minimum Gasteiger partial charge on any atom is -0.207 e. The van der Waals surface area contributed by atoms with E-state index in [0.717, 1.165) is 6.42 Å². The van der Waals surface area contributed by atoms with Gasteiger partial charge in [0.05, 0.1) is 0 Å². The van der Waals surface area contributed by atoms with Crippen molar-refractivity contribution in [2.24, 2.45) is 0 Å². The van der Waals surface area contributed by atoms with Crippen molar-refractivity contribution in [2.45, 2.75) is 41.0 Å². The molecular formula is C18H27F. The van der Waals surface area contributed by atoms with Crippen LogP contribution in [-0.4, -0.2) is 0 Å². The maximum atomic E-state index is 11.9. The molecule has 0 aliphatic heterocycles. The Bertz CT molecular complexity index is 354. The molecule has 0 saturated heterocycles. The molecule has 0 amide bonds. The minimum atomic E-state index is -0.178. The maximum absolute atomic E-state index is 11.9. The van der Waals surface area contributed by atoms with Gasteiger partial charge in [0.2, 0.25) is 0 Å². The van der Waals surface area contributed by atoms with Gasteiger partial charge in [-0.25, -0.2) is 4.39 Å². The summed E-state index contributed by atoms with van der Waals surface area (Å²) in [6, 6.07) is 18.4. The summed E-state index contributed by atoms with van der Waals surface area (Å²) >= 11 is 0. The fraction of sp³-hybridized carbons (Fsp3) is 0.333. The highest BCUT2D eigenvalue weighted by Crippen LogP contribution is 1.96. The predicted molar refractivity (Wildman–Crippen MR) is 84.9 cm³/mol. The highest BCUT2D eigenvalue weighted by atomic mass is 19.1. The molecule has 0 aromatic heterocycles. The van der Waals surface area contributed by atoms with Crippen molar-refractivity contribution in [2.75, 3.05) is 0 Å². The molecule has 2 rings (SSSR count). The van der Waals surface area contributed by atoms with Crippen LogP contribution in [0.15, 0.2) is 60.7 Å². The molecule has 2 aromatic carbocycles. The topological polar surface area (TPSA) is 0 Å². The molecule has 0 aliphatic carbocycles. The van der Waals surface area contributed by atoms with Gasteiger partial charge in [-0.3, -0.25) is 0 Å². The first-order chi connectivity index (χ1) is 9.33. The van der Waals surface area contributed by atoms with Crippen molar-refractivity contribution in [1.29, 1.82) is 0 Å². The largest absolute Gasteiger partial charge is 0.207 e. The van der Waals surface area contributed by atoms with Crippen molar-refractivity contribution in [3.05, 3.63) is 72.0 Å². The molecule has 0 aliphatic rings. The van der Waals surface area contributed by atoms with Crippen molar-refractivity contribution >= 4 is 0 Å². The number of hydrogen-bond donors (Lipinski definition) is 0. The van der Waals surface area contributed by atoms with E-state index in [1.165, 1.54) is 17.7 Å². The fourth-order valence-electron chi connectivity index (χ4n) is 1.13. The summed E-state index contributed by atoms with van der Waals surface area (Å²) in [6.45, 7) is 10.2. The molecular weight excluding hydrogens is 235 g/mol. The lowest BCUT2D eigenvalue weighted by molar-refractivity contribution is 0.628. The van der Waals surface area contributed by atoms with Crippen LogP contribution in [0.4, 0.5) is 4.39 Å². The second kappa shape index (κ2) is 16.4. The van der Waals surface area contributed by atoms with Gasteiger partial charge in [-0.05, 0) is 24.1 Å². The fourth-order valence-corrected chi connectivity index (χ4v) is 1.13. The van der Waals surface area contributed by atoms with E-state index in [9.17, 15) is 4.39 Å². The Labute approximate surface area is 118 Å². The van der Waals surface area contributed by atoms with Gasteiger partial charge in [0.1, 0.15) is 5.82 Å². The molecule has 106 valence electrons. The third-order valence-electron chi connectivity index (χ3n) is 1.98. The van der Waals surface area contributed by atoms with E-state index >= 15 is 0 Å². The van der Waals surface area contributed by atoms with Gasteiger partial charge in [0.25, 0.3) is 0 Å². The molecule has 2 aromatic rings. The van der Waals surface area contributed by atoms with E-state index in [-0.39, 0.29) is 5.82 Å². The molecule has 0 N–H and O–H groups in total. The Kier molecular flexibility index (Phi) is 17.0. The van der Waals surface area contributed by atoms with Gasteiger partial charge in [-0.2, -0.15) is 0 Å². The summed E-state index contributed by atoms with van der Waals surface area (Å²) in [4.78, 5) is 0. The summed E-state index contributed by atoms with van der Waals surface area (Å²) in [5.41, 5.74) is 1.41. The Morgan fingerprint density at radius 3 is 1.26 bits per heavy atom. The van der Waals surface area contributed by atoms with Crippen LogP contribution in [0.3, 0.4) is 0 Å². The first kappa shape index (κ1) is 19.7. The Morgan fingerprint density at radius 1 is 0.684 bits per heavy atom. The zero-order chi connectivity index (χ0) is 14.9. The Balaban J connectivity index is 0. The van der Waals surface area contributed by atoms with Crippen LogP contribution in [0.5, 0.6) is 0 Å². The molecule has 0 unspecified atom stereocenters. The minimum absolute atomic E-state index is 0.178. The van der Waals surface area contributed by atoms with E-state index < -0.39 is 0 Å². The lowest BCUT2D eigenvalue weighted by Gasteiger charge is -1.89. The molecule has 0 radical (unpaired) electrons. The quantitative estimate of drug-likeness (QED) is 0.580. The molecule has 0 bridgehead atoms. The van der Waals surface area contributed by atoms with Crippen molar-refractivity contribution in [3.63, 3.8) is 0 Å². The van der Waals surface area contributed by atoms with Crippen LogP contribution in [0.25, 0.3) is 0 Å². The number of halogens is 1. The van der Waals surface area contributed by atoms with Crippen molar-refractivity contribution in [3.8, 4) is 0 Å². The standard InChI is InChI=1S/C8H10.C6H5F.2C2H6/c1-2-8-6-4-3-5-7-8;7-6-4-2-1-3-5-6;2*1-2/h3-7H,2H2,1H3;1-5H;2*1-2H3. The van der Waals surface area contributed by atoms with Gasteiger partial charge in [0.15, 0.2) is 0 Å². The van der Waals surface area contributed by atoms with Crippen LogP contribution < -0.4 is 0 Å². The summed E-state index contributed by atoms with van der Waals surface area (Å²) in [7, 11) is 0. The van der Waals surface area contributed by atoms with E-state index in [0.29, 0.717) is 0 Å². The van der Waals surface area contributed by atoms with Crippen LogP contribution in [0.2, 0.25) is 0 Å². The van der Waals surface area contributed by atoms with E-state index in [1.54, 1.807) is 18.2 Å². The van der Waals surface area contributed by atoms with Crippen LogP contribution in [-0.2, 0) is 6.42 Å². The van der Waals surface area contributed by atoms with Crippen LogP contribution in [0.1, 0.15) is 40.2 Å². The van der Waals surface area contributed by atoms with Gasteiger partial charge in [-0.15, -0.1) is 0 Å². The molecule has 0 spiro atoms. The van der Waals surface area contributed by atoms with Crippen molar-refractivity contribution in [1.82, 2.24) is 0 Å². The van der Waals surface area contributed by atoms with E-state index in [1.807, 2.05) is 33.8 Å². The number of rotatable bonds is 1. The highest BCUT2D eigenvalue weighted by Gasteiger charge is 1.80. The zero-order valence-electron chi connectivity index (χ0n) is 12.9. The molecule has 19 heavy (non-hydrogen) atoms. The van der Waals surface area contributed by atoms with E-state index in [2.05, 4.69) is 31.2 Å². The first-order valence-electron chi connectivity index (χ1n) is 7.07. The second-order valence-electron chi connectivity index (χ2n) is 3.13. The van der Waals surface area contributed by atoms with Crippen LogP contribution in [0, 0.1) is 5.82 Å². The summed E-state index contributed by atoms with van der Waals surface area (Å²) in [5.74, 6) is -0.178. The Hall–Kier alpha value is -1.63. The van der Waals surface area contributed by atoms with Gasteiger partial charge < -0.3 is 0 Å². The normalized spacial score (nSPS) is 7.68. The van der Waals surface area contributed by atoms with Gasteiger partial charge in [-0.1, -0.05) is 83.1 Å². The number of benzene rings is 2. The molecule has 0 saturated carbocycles. The molecule has 1 heteroatoms. The number of hydrogen-bond acceptors (Lipinski definition) is 0. The summed E-state index contributed by atoms with van der Waals surface area (Å²) in [6.07, 6.45) is 1.14. The third kappa shape index (κ3) is 12.6. The highest BCUT2D eigenvalue weighted by molar-refractivity contribution is 5.13. The van der Waals surface area contributed by atoms with E-state index in [4.69, 9.17) is 0 Å². The molecule has 0 nitrogen and oxygen atoms in total. The van der Waals surface area contributed by atoms with Crippen molar-refractivity contribution < 1.29 is 4.39 Å². The first-order valence-corrected chi connectivity index (χ1v) is 7.07. The average molecular weight is 262 g/mol. The monoisotopic (exact) mass is 262 g/mol. The SMILES string of the molecule is CC.CC.CCc1ccccc1.Fc1ccccc1. The third-order valence-corrected chi connectivity index (χ3v) is 1.98. The zero-order valence-corrected chi connectivity index (χ0v) is 12.9. The Morgan fingerprint density at radius 2 is 1.05 bits per heavy atom. The molecule has 0 atom stereocenters. The summed E-state index contributed by atoms with van der Waals surface area (Å²) in [5, 5.41) is 0. The predicted octanol–water partition coefficient (Wildman–Crippen LogP) is 6.13. The van der Waals surface area contributed by atoms with Gasteiger partial charge >= 0.3 is 0 Å². The average Bonchev–Trinajstić information content (AvgIpc) is 2.53. The summed E-state index contributed by atoms with van der Waals surface area (Å²) < 4.78 is 11.9. The lowest BCUT2D eigenvalue weighted by Crippen LogP contribution is -1.73. The lowest BCUT2D eigenvalue weighted by atomic mass is 10.2. The molecule has 0 fully saturated rings. The smallest absolute Gasteiger partial charge is 0.123 e. The van der Waals surface area contributed by atoms with Gasteiger partial charge in [0, 0.05) is 0 Å². The maximum Gasteiger partial charge on any atom is 0.123 e. The second-order valence-corrected chi connectivity index (χ2v) is 3.13. The van der Waals surface area contributed by atoms with Crippen LogP contribution >= 0.6 is 0 Å². The molecule has 0 heterocycles. The number of aryl methyl sites for hydroxylation is 1.